The monoisotopic (exact) mass is 554 g/mol. The second-order valence-electron chi connectivity index (χ2n) is 11.5. The number of aryl methyl sites for hydroxylation is 1. The highest BCUT2D eigenvalue weighted by atomic mass is 32.2. The van der Waals surface area contributed by atoms with Crippen molar-refractivity contribution >= 4 is 31.7 Å². The molecule has 0 radical (unpaired) electrons. The molecule has 0 saturated heterocycles. The molecule has 1 N–H and O–H groups in total. The highest BCUT2D eigenvalue weighted by Crippen LogP contribution is 2.53. The van der Waals surface area contributed by atoms with Gasteiger partial charge in [0.25, 0.3) is 10.1 Å². The molecule has 6 aromatic rings. The van der Waals surface area contributed by atoms with Crippen LogP contribution in [0.1, 0.15) is 30.5 Å². The average molecular weight is 555 g/mol. The zero-order valence-corrected chi connectivity index (χ0v) is 23.9. The Balaban J connectivity index is 1.57. The van der Waals surface area contributed by atoms with E-state index in [2.05, 4.69) is 123 Å². The minimum Gasteiger partial charge on any atom is -0.286 e. The fourth-order valence-corrected chi connectivity index (χ4v) is 7.18. The van der Waals surface area contributed by atoms with Crippen LogP contribution >= 0.6 is 0 Å². The Morgan fingerprint density at radius 1 is 0.585 bits per heavy atom. The molecule has 202 valence electrons. The molecule has 4 heteroatoms. The van der Waals surface area contributed by atoms with E-state index >= 15 is 0 Å². The van der Waals surface area contributed by atoms with Crippen molar-refractivity contribution < 1.29 is 13.0 Å². The summed E-state index contributed by atoms with van der Waals surface area (Å²) in [7, 11) is -4.03. The first kappa shape index (κ1) is 25.7. The maximum absolute atomic E-state index is 11.4. The van der Waals surface area contributed by atoms with E-state index in [-0.39, 0.29) is 17.6 Å². The van der Waals surface area contributed by atoms with Crippen LogP contribution in [-0.2, 0) is 22.0 Å². The van der Waals surface area contributed by atoms with Crippen LogP contribution < -0.4 is 0 Å². The fourth-order valence-electron chi connectivity index (χ4n) is 6.69. The van der Waals surface area contributed by atoms with Gasteiger partial charge >= 0.3 is 0 Å². The Morgan fingerprint density at radius 3 is 1.66 bits per heavy atom. The first-order valence-electron chi connectivity index (χ1n) is 13.9. The summed E-state index contributed by atoms with van der Waals surface area (Å²) < 4.78 is 32.2. The molecular formula is C37H30O3S. The van der Waals surface area contributed by atoms with Gasteiger partial charge < -0.3 is 0 Å². The Hall–Kier alpha value is -4.25. The summed E-state index contributed by atoms with van der Waals surface area (Å²) in [4.78, 5) is 0. The number of rotatable bonds is 5. The highest BCUT2D eigenvalue weighted by molar-refractivity contribution is 7.85. The minimum absolute atomic E-state index is 0.278. The van der Waals surface area contributed by atoms with Crippen LogP contribution in [-0.4, -0.2) is 18.7 Å². The maximum Gasteiger partial charge on any atom is 0.265 e. The zero-order valence-electron chi connectivity index (χ0n) is 23.1. The van der Waals surface area contributed by atoms with Crippen molar-refractivity contribution in [2.45, 2.75) is 25.7 Å². The molecule has 1 aliphatic rings. The molecule has 0 saturated carbocycles. The quantitative estimate of drug-likeness (QED) is 0.171. The molecule has 0 aliphatic heterocycles. The average Bonchev–Trinajstić information content (AvgIpc) is 3.19. The van der Waals surface area contributed by atoms with Gasteiger partial charge in [-0.3, -0.25) is 4.55 Å². The lowest BCUT2D eigenvalue weighted by Gasteiger charge is -2.24. The Bertz CT molecular complexity index is 2080. The molecule has 0 aromatic heterocycles. The molecule has 0 amide bonds. The highest BCUT2D eigenvalue weighted by Gasteiger charge is 2.36. The smallest absolute Gasteiger partial charge is 0.265 e. The predicted molar refractivity (Wildman–Crippen MR) is 170 cm³/mol. The fraction of sp³-hybridized carbons (Fsp3) is 0.135. The summed E-state index contributed by atoms with van der Waals surface area (Å²) in [5.74, 6) is -0.281. The lowest BCUT2D eigenvalue weighted by molar-refractivity contribution is 0.482. The lowest BCUT2D eigenvalue weighted by atomic mass is 9.79. The Labute approximate surface area is 240 Å². The van der Waals surface area contributed by atoms with Gasteiger partial charge in [-0.05, 0) is 90.2 Å². The normalized spacial score (nSPS) is 13.8. The maximum atomic E-state index is 11.4. The number of fused-ring (bicyclic) bond motifs is 5. The van der Waals surface area contributed by atoms with Gasteiger partial charge in [-0.15, -0.1) is 0 Å². The van der Waals surface area contributed by atoms with Gasteiger partial charge in [0, 0.05) is 5.41 Å². The largest absolute Gasteiger partial charge is 0.286 e. The van der Waals surface area contributed by atoms with Crippen LogP contribution in [0.2, 0.25) is 0 Å². The first-order chi connectivity index (χ1) is 19.7. The van der Waals surface area contributed by atoms with Crippen molar-refractivity contribution in [3.8, 4) is 33.4 Å². The SMILES string of the molecule is CC1(C)c2cc(CCS(=O)(=O)O)ccc2-c2cc3c(-c4ccccc4)c4ccccc4c(-c4ccccc4)c3cc21. The Morgan fingerprint density at radius 2 is 1.10 bits per heavy atom. The predicted octanol–water partition coefficient (Wildman–Crippen LogP) is 9.06. The summed E-state index contributed by atoms with van der Waals surface area (Å²) in [5.41, 5.74) is 10.3. The summed E-state index contributed by atoms with van der Waals surface area (Å²) in [5, 5.41) is 4.89. The summed E-state index contributed by atoms with van der Waals surface area (Å²) >= 11 is 0. The minimum atomic E-state index is -4.03. The van der Waals surface area contributed by atoms with Crippen molar-refractivity contribution in [3.63, 3.8) is 0 Å². The molecule has 41 heavy (non-hydrogen) atoms. The van der Waals surface area contributed by atoms with Crippen molar-refractivity contribution in [1.82, 2.24) is 0 Å². The summed E-state index contributed by atoms with van der Waals surface area (Å²) in [6.45, 7) is 4.49. The van der Waals surface area contributed by atoms with E-state index in [1.807, 2.05) is 6.07 Å². The number of hydrogen-bond acceptors (Lipinski definition) is 2. The van der Waals surface area contributed by atoms with E-state index in [1.165, 1.54) is 66.1 Å². The molecule has 0 fully saturated rings. The van der Waals surface area contributed by atoms with E-state index in [4.69, 9.17) is 0 Å². The van der Waals surface area contributed by atoms with Crippen LogP contribution in [0.5, 0.6) is 0 Å². The van der Waals surface area contributed by atoms with E-state index in [0.29, 0.717) is 0 Å². The van der Waals surface area contributed by atoms with E-state index in [9.17, 15) is 13.0 Å². The topological polar surface area (TPSA) is 54.4 Å². The molecule has 7 rings (SSSR count). The molecule has 6 aromatic carbocycles. The first-order valence-corrected chi connectivity index (χ1v) is 15.6. The number of hydrogen-bond donors (Lipinski definition) is 1. The van der Waals surface area contributed by atoms with Crippen LogP contribution in [0.4, 0.5) is 0 Å². The summed E-state index contributed by atoms with van der Waals surface area (Å²) in [6.07, 6.45) is 0.280. The van der Waals surface area contributed by atoms with Gasteiger partial charge in [0.1, 0.15) is 0 Å². The third-order valence-electron chi connectivity index (χ3n) is 8.66. The third kappa shape index (κ3) is 4.26. The van der Waals surface area contributed by atoms with Crippen LogP contribution in [0.25, 0.3) is 54.9 Å². The van der Waals surface area contributed by atoms with Gasteiger partial charge in [0.15, 0.2) is 0 Å². The molecular weight excluding hydrogens is 524 g/mol. The molecule has 0 unspecified atom stereocenters. The van der Waals surface area contributed by atoms with Crippen LogP contribution in [0.3, 0.4) is 0 Å². The van der Waals surface area contributed by atoms with Gasteiger partial charge in [-0.1, -0.05) is 117 Å². The van der Waals surface area contributed by atoms with Gasteiger partial charge in [-0.2, -0.15) is 8.42 Å². The van der Waals surface area contributed by atoms with Crippen molar-refractivity contribution in [1.29, 1.82) is 0 Å². The second-order valence-corrected chi connectivity index (χ2v) is 13.1. The summed E-state index contributed by atoms with van der Waals surface area (Å²) in [6, 6.07) is 41.0. The Kier molecular flexibility index (Phi) is 5.90. The third-order valence-corrected chi connectivity index (χ3v) is 9.38. The van der Waals surface area contributed by atoms with Gasteiger partial charge in [0.05, 0.1) is 5.75 Å². The number of benzene rings is 6. The molecule has 0 spiro atoms. The van der Waals surface area contributed by atoms with Crippen LogP contribution in [0.15, 0.2) is 115 Å². The van der Waals surface area contributed by atoms with Crippen LogP contribution in [0, 0.1) is 0 Å². The van der Waals surface area contributed by atoms with E-state index in [1.54, 1.807) is 0 Å². The zero-order chi connectivity index (χ0) is 28.4. The van der Waals surface area contributed by atoms with Gasteiger partial charge in [-0.25, -0.2) is 0 Å². The van der Waals surface area contributed by atoms with Crippen molar-refractivity contribution in [3.05, 3.63) is 132 Å². The van der Waals surface area contributed by atoms with E-state index in [0.717, 1.165) is 5.56 Å². The van der Waals surface area contributed by atoms with E-state index < -0.39 is 10.1 Å². The van der Waals surface area contributed by atoms with Crippen molar-refractivity contribution in [2.24, 2.45) is 0 Å². The molecule has 0 bridgehead atoms. The van der Waals surface area contributed by atoms with Crippen molar-refractivity contribution in [2.75, 3.05) is 5.75 Å². The molecule has 0 heterocycles. The molecule has 0 atom stereocenters. The standard InChI is InChI=1S/C37H30O3S/c1-37(2)33-21-24(19-20-41(38,39)40)17-18-27(33)30-22-31-32(23-34(30)37)36(26-13-7-4-8-14-26)29-16-10-9-15-28(29)35(31)25-11-5-3-6-12-25/h3-18,21-23H,19-20H2,1-2H3,(H,38,39,40). The molecule has 3 nitrogen and oxygen atoms in total. The lowest BCUT2D eigenvalue weighted by Crippen LogP contribution is -2.15. The van der Waals surface area contributed by atoms with Gasteiger partial charge in [0.2, 0.25) is 0 Å². The molecule has 1 aliphatic carbocycles. The second kappa shape index (κ2) is 9.41.